The number of nitrogens with two attached hydrogens (primary N) is 1. The van der Waals surface area contributed by atoms with Gasteiger partial charge in [-0.05, 0) is 40.1 Å². The minimum Gasteiger partial charge on any atom is -0.379 e. The SMILES string of the molecule is Nc1nonc1-c1nc2ccccc2n1CC(=O)N/N=C\c1cccc(Br)c1. The number of anilines is 1. The van der Waals surface area contributed by atoms with E-state index in [-0.39, 0.29) is 24.0 Å². The van der Waals surface area contributed by atoms with E-state index in [1.807, 2.05) is 48.5 Å². The number of nitrogen functional groups attached to an aromatic ring is 1. The van der Waals surface area contributed by atoms with Crippen molar-refractivity contribution in [3.8, 4) is 11.5 Å². The van der Waals surface area contributed by atoms with E-state index in [1.54, 1.807) is 10.8 Å². The normalized spacial score (nSPS) is 11.3. The van der Waals surface area contributed by atoms with Crippen molar-refractivity contribution in [3.05, 3.63) is 58.6 Å². The minimum atomic E-state index is -0.328. The van der Waals surface area contributed by atoms with Gasteiger partial charge in [0.25, 0.3) is 5.91 Å². The topological polar surface area (TPSA) is 124 Å². The second kappa shape index (κ2) is 7.61. The number of fused-ring (bicyclic) bond motifs is 1. The van der Waals surface area contributed by atoms with Crippen molar-refractivity contribution in [2.24, 2.45) is 5.10 Å². The third-order valence-electron chi connectivity index (χ3n) is 3.93. The second-order valence-electron chi connectivity index (χ2n) is 5.86. The van der Waals surface area contributed by atoms with Crippen molar-refractivity contribution in [2.75, 3.05) is 5.73 Å². The smallest absolute Gasteiger partial charge is 0.260 e. The zero-order chi connectivity index (χ0) is 19.5. The Bertz CT molecular complexity index is 1180. The van der Waals surface area contributed by atoms with E-state index in [1.165, 1.54) is 0 Å². The van der Waals surface area contributed by atoms with Gasteiger partial charge in [-0.2, -0.15) is 5.10 Å². The van der Waals surface area contributed by atoms with E-state index in [2.05, 4.69) is 46.4 Å². The summed E-state index contributed by atoms with van der Waals surface area (Å²) in [5, 5.41) is 11.4. The average Bonchev–Trinajstić information content (AvgIpc) is 3.25. The number of hydrazone groups is 1. The highest BCUT2D eigenvalue weighted by atomic mass is 79.9. The number of hydrogen-bond donors (Lipinski definition) is 2. The number of para-hydroxylation sites is 2. The summed E-state index contributed by atoms with van der Waals surface area (Å²) in [5.74, 6) is 0.168. The fourth-order valence-electron chi connectivity index (χ4n) is 2.71. The summed E-state index contributed by atoms with van der Waals surface area (Å²) in [6.45, 7) is -0.0298. The third-order valence-corrected chi connectivity index (χ3v) is 4.43. The Labute approximate surface area is 167 Å². The Morgan fingerprint density at radius 3 is 2.89 bits per heavy atom. The molecular formula is C18H14BrN7O2. The number of rotatable bonds is 5. The number of amides is 1. The third kappa shape index (κ3) is 3.62. The van der Waals surface area contributed by atoms with Gasteiger partial charge in [-0.25, -0.2) is 15.0 Å². The molecule has 0 fully saturated rings. The Morgan fingerprint density at radius 1 is 1.25 bits per heavy atom. The molecule has 4 aromatic rings. The van der Waals surface area contributed by atoms with Crippen molar-refractivity contribution in [3.63, 3.8) is 0 Å². The van der Waals surface area contributed by atoms with E-state index < -0.39 is 0 Å². The number of nitrogens with zero attached hydrogens (tertiary/aromatic N) is 5. The van der Waals surface area contributed by atoms with Crippen LogP contribution < -0.4 is 11.2 Å². The molecule has 2 aromatic carbocycles. The highest BCUT2D eigenvalue weighted by Gasteiger charge is 2.20. The van der Waals surface area contributed by atoms with Crippen molar-refractivity contribution in [2.45, 2.75) is 6.54 Å². The number of carbonyl (C=O) groups is 1. The average molecular weight is 440 g/mol. The number of imidazole rings is 1. The maximum absolute atomic E-state index is 12.4. The van der Waals surface area contributed by atoms with Crippen LogP contribution in [-0.2, 0) is 11.3 Å². The van der Waals surface area contributed by atoms with Gasteiger partial charge in [-0.3, -0.25) is 4.79 Å². The predicted octanol–water partition coefficient (Wildman–Crippen LogP) is 2.58. The molecule has 0 unspecified atom stereocenters. The first kappa shape index (κ1) is 17.9. The zero-order valence-electron chi connectivity index (χ0n) is 14.4. The molecule has 28 heavy (non-hydrogen) atoms. The maximum Gasteiger partial charge on any atom is 0.260 e. The minimum absolute atomic E-state index is 0.0298. The van der Waals surface area contributed by atoms with E-state index >= 15 is 0 Å². The molecule has 0 saturated carbocycles. The Kier molecular flexibility index (Phi) is 4.85. The van der Waals surface area contributed by atoms with Crippen LogP contribution in [0.5, 0.6) is 0 Å². The molecule has 9 nitrogen and oxygen atoms in total. The van der Waals surface area contributed by atoms with Crippen LogP contribution in [0.1, 0.15) is 5.56 Å². The molecule has 4 rings (SSSR count). The number of benzene rings is 2. The number of hydrogen-bond acceptors (Lipinski definition) is 7. The van der Waals surface area contributed by atoms with E-state index in [9.17, 15) is 4.79 Å². The molecule has 0 saturated heterocycles. The van der Waals surface area contributed by atoms with E-state index in [0.29, 0.717) is 11.3 Å². The molecule has 0 atom stereocenters. The standard InChI is InChI=1S/C18H14BrN7O2/c19-12-5-3-4-11(8-12)9-21-23-15(27)10-26-14-7-2-1-6-13(14)22-18(26)16-17(20)25-28-24-16/h1-9H,10H2,(H2,20,25)(H,23,27)/b21-9-. The van der Waals surface area contributed by atoms with Gasteiger partial charge in [0, 0.05) is 4.47 Å². The molecule has 10 heteroatoms. The first-order valence-electron chi connectivity index (χ1n) is 8.23. The molecule has 140 valence electrons. The zero-order valence-corrected chi connectivity index (χ0v) is 16.0. The Hall–Kier alpha value is -3.53. The molecule has 2 heterocycles. The molecule has 0 bridgehead atoms. The highest BCUT2D eigenvalue weighted by molar-refractivity contribution is 9.10. The first-order valence-corrected chi connectivity index (χ1v) is 9.02. The number of nitrogens with one attached hydrogen (secondary N) is 1. The second-order valence-corrected chi connectivity index (χ2v) is 6.77. The van der Waals surface area contributed by atoms with Gasteiger partial charge in [0.05, 0.1) is 17.2 Å². The number of halogens is 1. The van der Waals surface area contributed by atoms with Crippen LogP contribution >= 0.6 is 15.9 Å². The summed E-state index contributed by atoms with van der Waals surface area (Å²) in [5.41, 5.74) is 10.9. The van der Waals surface area contributed by atoms with Crippen LogP contribution in [0, 0.1) is 0 Å². The van der Waals surface area contributed by atoms with Gasteiger partial charge in [-0.15, -0.1) is 0 Å². The summed E-state index contributed by atoms with van der Waals surface area (Å²) < 4.78 is 7.29. The molecule has 0 aliphatic rings. The van der Waals surface area contributed by atoms with Gasteiger partial charge in [-0.1, -0.05) is 40.2 Å². The lowest BCUT2D eigenvalue weighted by Gasteiger charge is -2.06. The fourth-order valence-corrected chi connectivity index (χ4v) is 3.13. The Morgan fingerprint density at radius 2 is 2.11 bits per heavy atom. The molecule has 0 spiro atoms. The molecule has 2 aromatic heterocycles. The number of aromatic nitrogens is 4. The van der Waals surface area contributed by atoms with Gasteiger partial charge >= 0.3 is 0 Å². The summed E-state index contributed by atoms with van der Waals surface area (Å²) >= 11 is 3.39. The lowest BCUT2D eigenvalue weighted by Crippen LogP contribution is -2.23. The molecule has 0 radical (unpaired) electrons. The number of carbonyl (C=O) groups excluding carboxylic acids is 1. The Balaban J connectivity index is 1.58. The quantitative estimate of drug-likeness (QED) is 0.363. The summed E-state index contributed by atoms with van der Waals surface area (Å²) in [6, 6.07) is 15.0. The highest BCUT2D eigenvalue weighted by Crippen LogP contribution is 2.26. The van der Waals surface area contributed by atoms with Crippen LogP contribution in [0.2, 0.25) is 0 Å². The van der Waals surface area contributed by atoms with E-state index in [0.717, 1.165) is 15.6 Å². The maximum atomic E-state index is 12.4. The fraction of sp³-hybridized carbons (Fsp3) is 0.0556. The summed E-state index contributed by atoms with van der Waals surface area (Å²) in [4.78, 5) is 16.9. The lowest BCUT2D eigenvalue weighted by molar-refractivity contribution is -0.121. The predicted molar refractivity (Wildman–Crippen MR) is 107 cm³/mol. The summed E-state index contributed by atoms with van der Waals surface area (Å²) in [6.07, 6.45) is 1.56. The van der Waals surface area contributed by atoms with Gasteiger partial charge in [0.1, 0.15) is 6.54 Å². The van der Waals surface area contributed by atoms with Crippen LogP contribution in [-0.4, -0.2) is 32.0 Å². The van der Waals surface area contributed by atoms with Crippen molar-refractivity contribution >= 4 is 44.9 Å². The monoisotopic (exact) mass is 439 g/mol. The van der Waals surface area contributed by atoms with Crippen LogP contribution in [0.3, 0.4) is 0 Å². The lowest BCUT2D eigenvalue weighted by atomic mass is 10.2. The van der Waals surface area contributed by atoms with Gasteiger partial charge < -0.3 is 10.3 Å². The van der Waals surface area contributed by atoms with Crippen LogP contribution in [0.25, 0.3) is 22.6 Å². The van der Waals surface area contributed by atoms with Crippen molar-refractivity contribution < 1.29 is 9.42 Å². The van der Waals surface area contributed by atoms with Crippen LogP contribution in [0.4, 0.5) is 5.82 Å². The molecule has 1 amide bonds. The van der Waals surface area contributed by atoms with Crippen molar-refractivity contribution in [1.82, 2.24) is 25.3 Å². The van der Waals surface area contributed by atoms with Crippen molar-refractivity contribution in [1.29, 1.82) is 0 Å². The first-order chi connectivity index (χ1) is 13.6. The summed E-state index contributed by atoms with van der Waals surface area (Å²) in [7, 11) is 0. The largest absolute Gasteiger partial charge is 0.379 e. The molecule has 3 N–H and O–H groups in total. The van der Waals surface area contributed by atoms with Crippen LogP contribution in [0.15, 0.2) is 62.7 Å². The molecular weight excluding hydrogens is 426 g/mol. The van der Waals surface area contributed by atoms with Gasteiger partial charge in [0.15, 0.2) is 17.3 Å². The van der Waals surface area contributed by atoms with Gasteiger partial charge in [0.2, 0.25) is 0 Å². The molecule has 0 aliphatic carbocycles. The van der Waals surface area contributed by atoms with E-state index in [4.69, 9.17) is 5.73 Å². The molecule has 0 aliphatic heterocycles.